The second kappa shape index (κ2) is 9.68. The molecule has 0 saturated carbocycles. The lowest BCUT2D eigenvalue weighted by Gasteiger charge is -2.64. The van der Waals surface area contributed by atoms with Gasteiger partial charge in [0, 0.05) is 29.5 Å². The topological polar surface area (TPSA) is 42.0 Å². The number of hydrogen-bond acceptors (Lipinski definition) is 5. The van der Waals surface area contributed by atoms with E-state index in [0.717, 1.165) is 24.0 Å². The van der Waals surface area contributed by atoms with Crippen molar-refractivity contribution in [2.75, 3.05) is 0 Å². The normalized spacial score (nSPS) is 24.9. The van der Waals surface area contributed by atoms with E-state index in [2.05, 4.69) is 102 Å². The molecular weight excluding hydrogens is 448 g/mol. The average molecular weight is 493 g/mol. The van der Waals surface area contributed by atoms with Gasteiger partial charge in [-0.3, -0.25) is 14.5 Å². The molecule has 4 rings (SSSR count). The van der Waals surface area contributed by atoms with Gasteiger partial charge in [-0.15, -0.1) is 0 Å². The molecule has 0 radical (unpaired) electrons. The minimum Gasteiger partial charge on any atom is -0.300 e. The second-order valence-corrected chi connectivity index (χ2v) is 12.8. The van der Waals surface area contributed by atoms with Crippen LogP contribution in [0.3, 0.4) is 0 Å². The number of piperidine rings is 2. The maximum Gasteiger partial charge on any atom is 0.136 e. The van der Waals surface area contributed by atoms with E-state index in [9.17, 15) is 4.79 Å². The van der Waals surface area contributed by atoms with Crippen LogP contribution in [0.2, 0.25) is 0 Å². The van der Waals surface area contributed by atoms with Gasteiger partial charge in [-0.05, 0) is 79.4 Å². The molecule has 5 nitrogen and oxygen atoms in total. The Bertz CT molecular complexity index is 1030. The van der Waals surface area contributed by atoms with Crippen LogP contribution in [0.25, 0.3) is 0 Å². The Morgan fingerprint density at radius 1 is 0.639 bits per heavy atom. The van der Waals surface area contributed by atoms with Crippen molar-refractivity contribution in [2.24, 2.45) is 0 Å². The lowest BCUT2D eigenvalue weighted by Crippen LogP contribution is -2.73. The summed E-state index contributed by atoms with van der Waals surface area (Å²) in [5, 5.41) is 4.40. The Balaban J connectivity index is 1.67. The van der Waals surface area contributed by atoms with E-state index in [0.29, 0.717) is 18.6 Å². The summed E-state index contributed by atoms with van der Waals surface area (Å²) >= 11 is 0. The summed E-state index contributed by atoms with van der Waals surface area (Å²) in [6, 6.07) is 20.7. The van der Waals surface area contributed by atoms with Gasteiger partial charge in [0.1, 0.15) is 18.0 Å². The number of hydroxylamine groups is 4. The van der Waals surface area contributed by atoms with Crippen molar-refractivity contribution < 1.29 is 14.5 Å². The molecule has 2 fully saturated rings. The third-order valence-electron chi connectivity index (χ3n) is 7.82. The fraction of sp³-hybridized carbons (Fsp3) is 0.581. The minimum atomic E-state index is -0.426. The van der Waals surface area contributed by atoms with Gasteiger partial charge in [-0.2, -0.15) is 10.1 Å². The van der Waals surface area contributed by atoms with Crippen LogP contribution in [-0.2, 0) is 14.5 Å². The highest BCUT2D eigenvalue weighted by molar-refractivity contribution is 5.82. The fourth-order valence-electron chi connectivity index (χ4n) is 7.03. The van der Waals surface area contributed by atoms with E-state index in [4.69, 9.17) is 9.68 Å². The van der Waals surface area contributed by atoms with Gasteiger partial charge < -0.3 is 0 Å². The van der Waals surface area contributed by atoms with Crippen LogP contribution >= 0.6 is 0 Å². The van der Waals surface area contributed by atoms with Crippen molar-refractivity contribution in [1.82, 2.24) is 10.1 Å². The number of benzene rings is 2. The summed E-state index contributed by atoms with van der Waals surface area (Å²) in [5.74, 6) is 0.311. The SMILES string of the molecule is CC(ON1C(C)(C)CC2(CC(=O)CC(C)(C)N2OC(C)c2ccccc2)CC1(C)C)c1ccccc1. The van der Waals surface area contributed by atoms with Crippen LogP contribution in [0.5, 0.6) is 0 Å². The Morgan fingerprint density at radius 3 is 1.50 bits per heavy atom. The van der Waals surface area contributed by atoms with Crippen LogP contribution in [-0.4, -0.2) is 38.1 Å². The van der Waals surface area contributed by atoms with Crippen LogP contribution in [0.4, 0.5) is 0 Å². The Labute approximate surface area is 217 Å². The van der Waals surface area contributed by atoms with Crippen LogP contribution in [0, 0.1) is 0 Å². The molecule has 0 amide bonds. The monoisotopic (exact) mass is 492 g/mol. The fourth-order valence-corrected chi connectivity index (χ4v) is 7.03. The Morgan fingerprint density at radius 2 is 1.06 bits per heavy atom. The second-order valence-electron chi connectivity index (χ2n) is 12.8. The lowest BCUT2D eigenvalue weighted by atomic mass is 9.64. The van der Waals surface area contributed by atoms with Crippen molar-refractivity contribution in [3.05, 3.63) is 71.8 Å². The molecule has 196 valence electrons. The average Bonchev–Trinajstić information content (AvgIpc) is 2.78. The molecule has 2 aliphatic heterocycles. The molecule has 2 saturated heterocycles. The van der Waals surface area contributed by atoms with E-state index in [1.54, 1.807) is 0 Å². The zero-order chi connectivity index (χ0) is 26.4. The van der Waals surface area contributed by atoms with E-state index >= 15 is 0 Å². The Hall–Kier alpha value is -2.05. The quantitative estimate of drug-likeness (QED) is 0.426. The van der Waals surface area contributed by atoms with Crippen LogP contribution in [0.1, 0.15) is 104 Å². The lowest BCUT2D eigenvalue weighted by molar-refractivity contribution is -0.364. The van der Waals surface area contributed by atoms with Crippen molar-refractivity contribution in [1.29, 1.82) is 0 Å². The largest absolute Gasteiger partial charge is 0.300 e. The third-order valence-corrected chi connectivity index (χ3v) is 7.82. The molecular formula is C31H44N2O3. The summed E-state index contributed by atoms with van der Waals surface area (Å²) in [5.41, 5.74) is 0.804. The summed E-state index contributed by atoms with van der Waals surface area (Å²) in [6.07, 6.45) is 2.32. The Kier molecular flexibility index (Phi) is 7.26. The first-order valence-electron chi connectivity index (χ1n) is 13.3. The highest BCUT2D eigenvalue weighted by Gasteiger charge is 2.61. The number of carbonyl (C=O) groups excluding carboxylic acids is 1. The van der Waals surface area contributed by atoms with E-state index in [1.807, 2.05) is 24.3 Å². The maximum absolute atomic E-state index is 13.2. The number of nitrogens with zero attached hydrogens (tertiary/aromatic N) is 2. The number of Topliss-reactive ketones (excluding diaryl/α,β-unsaturated/α-hetero) is 1. The van der Waals surface area contributed by atoms with Crippen molar-refractivity contribution in [3.63, 3.8) is 0 Å². The minimum absolute atomic E-state index is 0.0753. The number of carbonyl (C=O) groups is 1. The van der Waals surface area contributed by atoms with Gasteiger partial charge in [-0.1, -0.05) is 60.7 Å². The smallest absolute Gasteiger partial charge is 0.136 e. The number of ketones is 1. The zero-order valence-electron chi connectivity index (χ0n) is 23.4. The van der Waals surface area contributed by atoms with Gasteiger partial charge in [0.15, 0.2) is 0 Å². The number of hydrogen-bond donors (Lipinski definition) is 0. The molecule has 2 heterocycles. The van der Waals surface area contributed by atoms with Gasteiger partial charge in [-0.25, -0.2) is 0 Å². The zero-order valence-corrected chi connectivity index (χ0v) is 23.4. The molecule has 2 aromatic rings. The van der Waals surface area contributed by atoms with Gasteiger partial charge in [0.2, 0.25) is 0 Å². The molecule has 2 aromatic carbocycles. The van der Waals surface area contributed by atoms with E-state index < -0.39 is 11.1 Å². The van der Waals surface area contributed by atoms with Crippen LogP contribution in [0.15, 0.2) is 60.7 Å². The number of rotatable bonds is 6. The molecule has 2 aliphatic rings. The molecule has 0 bridgehead atoms. The predicted octanol–water partition coefficient (Wildman–Crippen LogP) is 7.21. The van der Waals surface area contributed by atoms with E-state index in [-0.39, 0.29) is 23.3 Å². The summed E-state index contributed by atoms with van der Waals surface area (Å²) in [4.78, 5) is 26.7. The van der Waals surface area contributed by atoms with Gasteiger partial charge in [0.05, 0.1) is 5.54 Å². The standard InChI is InChI=1S/C31H44N2O3/c1-23(25-15-11-9-12-16-25)35-32-29(5,6)21-31(22-30(32,7)8)20-27(34)19-28(3,4)33(31)36-24(2)26-17-13-10-14-18-26/h9-18,23-24H,19-22H2,1-8H3. The third kappa shape index (κ3) is 5.31. The summed E-state index contributed by atoms with van der Waals surface area (Å²) < 4.78 is 0. The van der Waals surface area contributed by atoms with E-state index in [1.165, 1.54) is 0 Å². The maximum atomic E-state index is 13.2. The predicted molar refractivity (Wildman–Crippen MR) is 144 cm³/mol. The first-order chi connectivity index (χ1) is 16.8. The molecule has 0 aliphatic carbocycles. The molecule has 5 heteroatoms. The molecule has 36 heavy (non-hydrogen) atoms. The first-order valence-corrected chi connectivity index (χ1v) is 13.3. The molecule has 1 spiro atoms. The van der Waals surface area contributed by atoms with Gasteiger partial charge >= 0.3 is 0 Å². The highest BCUT2D eigenvalue weighted by atomic mass is 16.7. The summed E-state index contributed by atoms with van der Waals surface area (Å²) in [6.45, 7) is 17.4. The van der Waals surface area contributed by atoms with Crippen molar-refractivity contribution >= 4 is 5.78 Å². The highest BCUT2D eigenvalue weighted by Crippen LogP contribution is 2.53. The molecule has 0 aromatic heterocycles. The molecule has 2 unspecified atom stereocenters. The van der Waals surface area contributed by atoms with Crippen LogP contribution < -0.4 is 0 Å². The first kappa shape index (κ1) is 27.0. The van der Waals surface area contributed by atoms with Crippen molar-refractivity contribution in [3.8, 4) is 0 Å². The molecule has 0 N–H and O–H groups in total. The van der Waals surface area contributed by atoms with Gasteiger partial charge in [0.25, 0.3) is 0 Å². The summed E-state index contributed by atoms with van der Waals surface area (Å²) in [7, 11) is 0. The van der Waals surface area contributed by atoms with Crippen molar-refractivity contribution in [2.45, 2.75) is 115 Å². The molecule has 2 atom stereocenters.